The van der Waals surface area contributed by atoms with Crippen LogP contribution in [0.2, 0.25) is 5.02 Å². The van der Waals surface area contributed by atoms with Crippen molar-refractivity contribution in [2.75, 3.05) is 5.32 Å². The summed E-state index contributed by atoms with van der Waals surface area (Å²) in [5, 5.41) is 2.87. The number of carbonyl (C=O) groups is 1. The first-order valence-electron chi connectivity index (χ1n) is 8.45. The number of hydrogen-bond acceptors (Lipinski definition) is 3. The molecular formula is C20H16BrClFN3O3. The van der Waals surface area contributed by atoms with Crippen LogP contribution >= 0.6 is 27.5 Å². The van der Waals surface area contributed by atoms with E-state index in [2.05, 4.69) is 21.2 Å². The number of nitrogens with one attached hydrogen (secondary N) is 1. The summed E-state index contributed by atoms with van der Waals surface area (Å²) in [6, 6.07) is 7.77. The maximum atomic E-state index is 14.5. The molecule has 1 amide bonds. The van der Waals surface area contributed by atoms with Gasteiger partial charge in [0.25, 0.3) is 11.5 Å². The second-order valence-electron chi connectivity index (χ2n) is 6.45. The number of amides is 1. The van der Waals surface area contributed by atoms with E-state index in [-0.39, 0.29) is 16.1 Å². The molecule has 3 aromatic rings. The van der Waals surface area contributed by atoms with Crippen molar-refractivity contribution in [1.29, 1.82) is 0 Å². The van der Waals surface area contributed by atoms with Gasteiger partial charge in [-0.2, -0.15) is 0 Å². The molecule has 0 radical (unpaired) electrons. The van der Waals surface area contributed by atoms with Gasteiger partial charge < -0.3 is 9.88 Å². The molecule has 0 saturated carbocycles. The van der Waals surface area contributed by atoms with Gasteiger partial charge in [0.05, 0.1) is 5.02 Å². The summed E-state index contributed by atoms with van der Waals surface area (Å²) in [6.07, 6.45) is 1.18. The van der Waals surface area contributed by atoms with E-state index in [0.29, 0.717) is 21.3 Å². The first kappa shape index (κ1) is 21.0. The molecule has 9 heteroatoms. The summed E-state index contributed by atoms with van der Waals surface area (Å²) >= 11 is 9.56. The predicted octanol–water partition coefficient (Wildman–Crippen LogP) is 3.87. The lowest BCUT2D eigenvalue weighted by Crippen LogP contribution is -2.40. The Morgan fingerprint density at radius 3 is 2.55 bits per heavy atom. The van der Waals surface area contributed by atoms with Crippen LogP contribution in [0.5, 0.6) is 0 Å². The van der Waals surface area contributed by atoms with Gasteiger partial charge in [0.2, 0.25) is 0 Å². The Hall–Kier alpha value is -2.71. The molecule has 0 aliphatic carbocycles. The third kappa shape index (κ3) is 3.77. The smallest absolute Gasteiger partial charge is 0.322 e. The average molecular weight is 481 g/mol. The molecule has 2 aromatic carbocycles. The van der Waals surface area contributed by atoms with Gasteiger partial charge in [0.1, 0.15) is 11.4 Å². The van der Waals surface area contributed by atoms with Crippen LogP contribution in [-0.2, 0) is 14.1 Å². The molecule has 6 nitrogen and oxygen atoms in total. The Labute approximate surface area is 178 Å². The van der Waals surface area contributed by atoms with Crippen LogP contribution in [0.4, 0.5) is 10.1 Å². The average Bonchev–Trinajstić information content (AvgIpc) is 2.68. The van der Waals surface area contributed by atoms with Crippen molar-refractivity contribution in [3.05, 3.63) is 83.8 Å². The fourth-order valence-corrected chi connectivity index (χ4v) is 3.55. The van der Waals surface area contributed by atoms with Crippen molar-refractivity contribution in [1.82, 2.24) is 9.13 Å². The minimum atomic E-state index is -0.708. The van der Waals surface area contributed by atoms with Gasteiger partial charge in [-0.05, 0) is 52.2 Å². The monoisotopic (exact) mass is 479 g/mol. The van der Waals surface area contributed by atoms with E-state index in [1.165, 1.54) is 32.4 Å². The number of aryl methyl sites for hydroxylation is 1. The van der Waals surface area contributed by atoms with E-state index < -0.39 is 23.0 Å². The molecule has 0 spiro atoms. The SMILES string of the molecule is Cc1c(NC(=O)c2cn(C)c(=O)n(C)c2=O)cccc1-c1c(F)ccc(Br)c1Cl. The number of anilines is 1. The molecule has 0 unspecified atom stereocenters. The summed E-state index contributed by atoms with van der Waals surface area (Å²) in [5.41, 5.74) is 0.226. The van der Waals surface area contributed by atoms with Crippen LogP contribution in [0.1, 0.15) is 15.9 Å². The van der Waals surface area contributed by atoms with E-state index in [1.54, 1.807) is 25.1 Å². The minimum absolute atomic E-state index is 0.189. The molecule has 150 valence electrons. The molecule has 1 aromatic heterocycles. The molecule has 1 heterocycles. The Kier molecular flexibility index (Phi) is 5.77. The Morgan fingerprint density at radius 1 is 1.17 bits per heavy atom. The number of rotatable bonds is 3. The summed E-state index contributed by atoms with van der Waals surface area (Å²) < 4.78 is 17.0. The lowest BCUT2D eigenvalue weighted by atomic mass is 9.98. The maximum Gasteiger partial charge on any atom is 0.330 e. The van der Waals surface area contributed by atoms with Crippen molar-refractivity contribution in [3.8, 4) is 11.1 Å². The largest absolute Gasteiger partial charge is 0.330 e. The van der Waals surface area contributed by atoms with Crippen LogP contribution in [-0.4, -0.2) is 15.0 Å². The second kappa shape index (κ2) is 7.96. The van der Waals surface area contributed by atoms with Crippen LogP contribution in [0, 0.1) is 12.7 Å². The zero-order valence-electron chi connectivity index (χ0n) is 15.7. The van der Waals surface area contributed by atoms with Gasteiger partial charge in [-0.25, -0.2) is 9.18 Å². The molecule has 0 atom stereocenters. The fourth-order valence-electron chi connectivity index (χ4n) is 2.97. The van der Waals surface area contributed by atoms with E-state index in [0.717, 1.165) is 9.13 Å². The van der Waals surface area contributed by atoms with E-state index in [9.17, 15) is 18.8 Å². The van der Waals surface area contributed by atoms with E-state index in [1.807, 2.05) is 0 Å². The summed E-state index contributed by atoms with van der Waals surface area (Å²) in [5.74, 6) is -1.18. The fraction of sp³-hybridized carbons (Fsp3) is 0.150. The van der Waals surface area contributed by atoms with Crippen molar-refractivity contribution in [2.45, 2.75) is 6.92 Å². The second-order valence-corrected chi connectivity index (χ2v) is 7.68. The van der Waals surface area contributed by atoms with Crippen LogP contribution in [0.3, 0.4) is 0 Å². The lowest BCUT2D eigenvalue weighted by molar-refractivity contribution is 0.102. The van der Waals surface area contributed by atoms with Crippen molar-refractivity contribution in [2.24, 2.45) is 14.1 Å². The number of halogens is 3. The number of nitrogens with zero attached hydrogens (tertiary/aromatic N) is 2. The third-order valence-electron chi connectivity index (χ3n) is 4.59. The molecule has 0 bridgehead atoms. The van der Waals surface area contributed by atoms with Gasteiger partial charge in [0, 0.05) is 36.0 Å². The minimum Gasteiger partial charge on any atom is -0.322 e. The standard InChI is InChI=1S/C20H16BrClFN3O3/c1-10-11(16-14(23)8-7-13(21)17(16)22)5-4-6-15(10)24-18(27)12-9-25(2)20(29)26(3)19(12)28/h4-9H,1-3H3,(H,24,27). The van der Waals surface area contributed by atoms with E-state index in [4.69, 9.17) is 11.6 Å². The van der Waals surface area contributed by atoms with Gasteiger partial charge in [-0.1, -0.05) is 23.7 Å². The Balaban J connectivity index is 2.07. The molecule has 0 saturated heterocycles. The van der Waals surface area contributed by atoms with Crippen LogP contribution in [0.25, 0.3) is 11.1 Å². The highest BCUT2D eigenvalue weighted by Crippen LogP contribution is 2.39. The predicted molar refractivity (Wildman–Crippen MR) is 114 cm³/mol. The number of carbonyl (C=O) groups excluding carboxylic acids is 1. The molecule has 0 aliphatic heterocycles. The van der Waals surface area contributed by atoms with Gasteiger partial charge in [-0.3, -0.25) is 14.2 Å². The van der Waals surface area contributed by atoms with Gasteiger partial charge in [-0.15, -0.1) is 0 Å². The lowest BCUT2D eigenvalue weighted by Gasteiger charge is -2.15. The molecule has 0 aliphatic rings. The van der Waals surface area contributed by atoms with Crippen LogP contribution < -0.4 is 16.6 Å². The van der Waals surface area contributed by atoms with Gasteiger partial charge in [0.15, 0.2) is 0 Å². The first-order valence-corrected chi connectivity index (χ1v) is 9.62. The molecule has 0 fully saturated rings. The molecule has 1 N–H and O–H groups in total. The summed E-state index contributed by atoms with van der Waals surface area (Å²) in [4.78, 5) is 36.8. The zero-order chi connectivity index (χ0) is 21.5. The number of hydrogen-bond donors (Lipinski definition) is 1. The van der Waals surface area contributed by atoms with Gasteiger partial charge >= 0.3 is 5.69 Å². The highest BCUT2D eigenvalue weighted by atomic mass is 79.9. The summed E-state index contributed by atoms with van der Waals surface area (Å²) in [6.45, 7) is 1.71. The normalized spacial score (nSPS) is 10.8. The Bertz CT molecular complexity index is 1270. The first-order chi connectivity index (χ1) is 13.6. The molecule has 3 rings (SSSR count). The Morgan fingerprint density at radius 2 is 1.86 bits per heavy atom. The summed E-state index contributed by atoms with van der Waals surface area (Å²) in [7, 11) is 2.74. The quantitative estimate of drug-likeness (QED) is 0.579. The van der Waals surface area contributed by atoms with E-state index >= 15 is 0 Å². The third-order valence-corrected chi connectivity index (χ3v) is 5.87. The topological polar surface area (TPSA) is 73.1 Å². The molecule has 29 heavy (non-hydrogen) atoms. The van der Waals surface area contributed by atoms with Crippen molar-refractivity contribution < 1.29 is 9.18 Å². The van der Waals surface area contributed by atoms with Crippen molar-refractivity contribution in [3.63, 3.8) is 0 Å². The van der Waals surface area contributed by atoms with Crippen molar-refractivity contribution >= 4 is 39.1 Å². The number of benzene rings is 2. The van der Waals surface area contributed by atoms with Crippen LogP contribution in [0.15, 0.2) is 50.6 Å². The highest BCUT2D eigenvalue weighted by molar-refractivity contribution is 9.10. The number of aromatic nitrogens is 2. The molecular weight excluding hydrogens is 465 g/mol. The maximum absolute atomic E-state index is 14.5. The zero-order valence-corrected chi connectivity index (χ0v) is 18.1. The highest BCUT2D eigenvalue weighted by Gasteiger charge is 2.19.